The van der Waals surface area contributed by atoms with Crippen molar-refractivity contribution in [1.29, 1.82) is 5.26 Å². The van der Waals surface area contributed by atoms with E-state index in [1.54, 1.807) is 25.3 Å². The molecule has 5 unspecified atom stereocenters. The highest BCUT2D eigenvalue weighted by atomic mass is 32.2. The zero-order valence-corrected chi connectivity index (χ0v) is 17.8. The van der Waals surface area contributed by atoms with E-state index in [1.165, 1.54) is 0 Å². The lowest BCUT2D eigenvalue weighted by molar-refractivity contribution is -0.0885. The normalized spacial score (nSPS) is 29.1. The Bertz CT molecular complexity index is 971. The van der Waals surface area contributed by atoms with Crippen LogP contribution in [-0.4, -0.2) is 26.4 Å². The SMILES string of the molecule is C=Cc1ccc(-c2ccccc2C#N)cn1.CC1NS(=O)C2CC(F)(F)C(C)CC12. The summed E-state index contributed by atoms with van der Waals surface area (Å²) in [6.45, 7) is 7.17. The van der Waals surface area contributed by atoms with Gasteiger partial charge >= 0.3 is 0 Å². The number of fused-ring (bicyclic) bond motifs is 1. The number of pyridine rings is 1. The molecule has 2 aromatic rings. The Morgan fingerprint density at radius 3 is 2.67 bits per heavy atom. The number of nitrogens with one attached hydrogen (secondary N) is 1. The third kappa shape index (κ3) is 4.66. The van der Waals surface area contributed by atoms with Crippen LogP contribution in [0.4, 0.5) is 8.78 Å². The van der Waals surface area contributed by atoms with Gasteiger partial charge in [-0.25, -0.2) is 17.7 Å². The molecule has 2 heterocycles. The fourth-order valence-electron chi connectivity index (χ4n) is 3.99. The lowest BCUT2D eigenvalue weighted by Gasteiger charge is -2.36. The zero-order valence-electron chi connectivity index (χ0n) is 17.0. The molecule has 1 saturated heterocycles. The second-order valence-corrected chi connectivity index (χ2v) is 9.28. The Balaban J connectivity index is 0.000000172. The fourth-order valence-corrected chi connectivity index (χ4v) is 5.74. The van der Waals surface area contributed by atoms with Crippen LogP contribution in [0.1, 0.15) is 37.9 Å². The predicted octanol–water partition coefficient (Wildman–Crippen LogP) is 4.96. The number of alkyl halides is 2. The number of benzene rings is 1. The minimum absolute atomic E-state index is 0.111. The highest BCUT2D eigenvalue weighted by Gasteiger charge is 2.53. The van der Waals surface area contributed by atoms with Crippen LogP contribution in [0.25, 0.3) is 17.2 Å². The molecular weight excluding hydrogens is 404 g/mol. The molecule has 1 N–H and O–H groups in total. The van der Waals surface area contributed by atoms with Crippen molar-refractivity contribution in [1.82, 2.24) is 9.71 Å². The number of nitrogens with zero attached hydrogens (tertiary/aromatic N) is 2. The fraction of sp³-hybridized carbons (Fsp3) is 0.391. The Morgan fingerprint density at radius 2 is 2.03 bits per heavy atom. The summed E-state index contributed by atoms with van der Waals surface area (Å²) in [7, 11) is -1.26. The standard InChI is InChI=1S/C14H10N2.C9H15F2NOS/c1-2-13-8-7-12(10-16-13)14-6-4-3-5-11(14)9-15;1-5-3-7-6(2)12-14(13)8(7)4-9(5,10)11/h2-8,10H,1H2;5-8,12H,3-4H2,1-2H3. The first-order valence-corrected chi connectivity index (χ1v) is 11.1. The first-order valence-electron chi connectivity index (χ1n) is 9.89. The van der Waals surface area contributed by atoms with Crippen molar-refractivity contribution in [3.05, 3.63) is 60.4 Å². The number of hydrogen-bond donors (Lipinski definition) is 1. The van der Waals surface area contributed by atoms with Crippen molar-refractivity contribution in [2.75, 3.05) is 0 Å². The first-order chi connectivity index (χ1) is 14.3. The third-order valence-corrected chi connectivity index (χ3v) is 7.54. The van der Waals surface area contributed by atoms with Gasteiger partial charge in [-0.2, -0.15) is 5.26 Å². The van der Waals surface area contributed by atoms with E-state index in [0.717, 1.165) is 16.8 Å². The highest BCUT2D eigenvalue weighted by Crippen LogP contribution is 2.45. The summed E-state index contributed by atoms with van der Waals surface area (Å²) in [4.78, 5) is 4.22. The lowest BCUT2D eigenvalue weighted by Crippen LogP contribution is -2.42. The van der Waals surface area contributed by atoms with Crippen LogP contribution in [0.15, 0.2) is 49.2 Å². The van der Waals surface area contributed by atoms with E-state index >= 15 is 0 Å². The van der Waals surface area contributed by atoms with Gasteiger partial charge < -0.3 is 0 Å². The summed E-state index contributed by atoms with van der Waals surface area (Å²) in [6.07, 6.45) is 3.72. The van der Waals surface area contributed by atoms with Crippen LogP contribution in [0, 0.1) is 23.2 Å². The van der Waals surface area contributed by atoms with Crippen molar-refractivity contribution < 1.29 is 13.0 Å². The first kappa shape index (κ1) is 22.3. The van der Waals surface area contributed by atoms with E-state index in [-0.39, 0.29) is 23.6 Å². The molecule has 1 aliphatic carbocycles. The topological polar surface area (TPSA) is 65.8 Å². The van der Waals surface area contributed by atoms with Crippen LogP contribution in [-0.2, 0) is 11.0 Å². The van der Waals surface area contributed by atoms with Crippen LogP contribution in [0.2, 0.25) is 0 Å². The van der Waals surface area contributed by atoms with E-state index in [1.807, 2.05) is 37.3 Å². The van der Waals surface area contributed by atoms with Gasteiger partial charge in [-0.05, 0) is 37.5 Å². The Labute approximate surface area is 178 Å². The Kier molecular flexibility index (Phi) is 6.79. The predicted molar refractivity (Wildman–Crippen MR) is 116 cm³/mol. The van der Waals surface area contributed by atoms with E-state index in [2.05, 4.69) is 22.4 Å². The molecule has 2 fully saturated rings. The van der Waals surface area contributed by atoms with E-state index in [9.17, 15) is 13.0 Å². The number of halogens is 2. The van der Waals surface area contributed by atoms with Crippen molar-refractivity contribution in [2.45, 2.75) is 43.9 Å². The molecule has 0 spiro atoms. The molecular formula is C23H25F2N3OS. The molecule has 0 bridgehead atoms. The molecule has 30 heavy (non-hydrogen) atoms. The van der Waals surface area contributed by atoms with Gasteiger partial charge in [-0.1, -0.05) is 37.8 Å². The average molecular weight is 430 g/mol. The maximum absolute atomic E-state index is 13.4. The minimum Gasteiger partial charge on any atom is -0.256 e. The molecule has 0 amide bonds. The number of aromatic nitrogens is 1. The van der Waals surface area contributed by atoms with Crippen molar-refractivity contribution in [3.8, 4) is 17.2 Å². The van der Waals surface area contributed by atoms with Crippen molar-refractivity contribution in [3.63, 3.8) is 0 Å². The quantitative estimate of drug-likeness (QED) is 0.734. The zero-order chi connectivity index (χ0) is 21.9. The second kappa shape index (κ2) is 9.15. The van der Waals surface area contributed by atoms with Gasteiger partial charge in [0.15, 0.2) is 0 Å². The molecule has 4 rings (SSSR count). The van der Waals surface area contributed by atoms with Gasteiger partial charge in [0.25, 0.3) is 5.92 Å². The highest BCUT2D eigenvalue weighted by molar-refractivity contribution is 7.84. The summed E-state index contributed by atoms with van der Waals surface area (Å²) >= 11 is 0. The molecule has 1 aromatic heterocycles. The van der Waals surface area contributed by atoms with Gasteiger partial charge in [0.1, 0.15) is 0 Å². The van der Waals surface area contributed by atoms with Gasteiger partial charge in [-0.15, -0.1) is 0 Å². The maximum Gasteiger partial charge on any atom is 0.251 e. The molecule has 4 nitrogen and oxygen atoms in total. The smallest absolute Gasteiger partial charge is 0.251 e. The van der Waals surface area contributed by atoms with Crippen molar-refractivity contribution >= 4 is 17.1 Å². The molecule has 2 aliphatic rings. The van der Waals surface area contributed by atoms with Crippen LogP contribution < -0.4 is 4.72 Å². The van der Waals surface area contributed by atoms with Gasteiger partial charge in [0.2, 0.25) is 0 Å². The van der Waals surface area contributed by atoms with Crippen LogP contribution in [0.3, 0.4) is 0 Å². The van der Waals surface area contributed by atoms with Crippen LogP contribution in [0.5, 0.6) is 0 Å². The number of nitriles is 1. The average Bonchev–Trinajstić information content (AvgIpc) is 3.01. The van der Waals surface area contributed by atoms with Gasteiger partial charge in [0, 0.05) is 35.7 Å². The summed E-state index contributed by atoms with van der Waals surface area (Å²) < 4.78 is 41.1. The molecule has 1 aromatic carbocycles. The lowest BCUT2D eigenvalue weighted by atomic mass is 9.76. The molecule has 1 saturated carbocycles. The molecule has 5 atom stereocenters. The maximum atomic E-state index is 13.4. The molecule has 7 heteroatoms. The van der Waals surface area contributed by atoms with Crippen molar-refractivity contribution in [2.24, 2.45) is 11.8 Å². The third-order valence-electron chi connectivity index (χ3n) is 5.87. The molecule has 1 aliphatic heterocycles. The van der Waals surface area contributed by atoms with E-state index in [0.29, 0.717) is 12.0 Å². The summed E-state index contributed by atoms with van der Waals surface area (Å²) in [5, 5.41) is 8.64. The van der Waals surface area contributed by atoms with Gasteiger partial charge in [0.05, 0.1) is 33.6 Å². The Hall–Kier alpha value is -2.43. The number of hydrogen-bond acceptors (Lipinski definition) is 3. The van der Waals surface area contributed by atoms with E-state index < -0.39 is 22.8 Å². The molecule has 158 valence electrons. The summed E-state index contributed by atoms with van der Waals surface area (Å²) in [5.41, 5.74) is 3.35. The summed E-state index contributed by atoms with van der Waals surface area (Å²) in [6, 6.07) is 13.6. The summed E-state index contributed by atoms with van der Waals surface area (Å²) in [5.74, 6) is -3.06. The monoisotopic (exact) mass is 429 g/mol. The second-order valence-electron chi connectivity index (χ2n) is 7.84. The molecule has 0 radical (unpaired) electrons. The largest absolute Gasteiger partial charge is 0.256 e. The van der Waals surface area contributed by atoms with Crippen LogP contribution >= 0.6 is 0 Å². The minimum atomic E-state index is -2.64. The van der Waals surface area contributed by atoms with E-state index in [4.69, 9.17) is 5.26 Å². The van der Waals surface area contributed by atoms with Gasteiger partial charge in [-0.3, -0.25) is 4.98 Å². The number of rotatable bonds is 2. The Morgan fingerprint density at radius 1 is 1.30 bits per heavy atom.